The number of nitrogens with two attached hydrogens (primary N) is 1. The maximum Gasteiger partial charge on any atom is 0.128 e. The first-order valence-electron chi connectivity index (χ1n) is 7.29. The lowest BCUT2D eigenvalue weighted by Crippen LogP contribution is -2.47. The van der Waals surface area contributed by atoms with Crippen molar-refractivity contribution < 1.29 is 9.13 Å². The van der Waals surface area contributed by atoms with Crippen molar-refractivity contribution in [2.45, 2.75) is 32.4 Å². The van der Waals surface area contributed by atoms with E-state index in [1.54, 1.807) is 13.2 Å². The molecule has 0 radical (unpaired) electrons. The van der Waals surface area contributed by atoms with Crippen LogP contribution in [0.5, 0.6) is 0 Å². The highest BCUT2D eigenvalue weighted by molar-refractivity contribution is 5.27. The molecule has 1 fully saturated rings. The van der Waals surface area contributed by atoms with Gasteiger partial charge >= 0.3 is 0 Å². The molecule has 112 valence electrons. The number of likely N-dealkylation sites (tertiary alicyclic amines) is 1. The molecule has 0 saturated carbocycles. The molecule has 0 amide bonds. The maximum absolute atomic E-state index is 14.1. The molecule has 3 nitrogen and oxygen atoms in total. The van der Waals surface area contributed by atoms with Crippen LogP contribution in [0.2, 0.25) is 0 Å². The standard InChI is InChI=1S/C16H25FN2O/c1-11-4-5-14(17)13(8-11)15(9-18)19-7-6-12(2)16(10-19)20-3/h4-5,8,12,15-16H,6-7,9-10,18H2,1-3H3. The first-order valence-corrected chi connectivity index (χ1v) is 7.29. The summed E-state index contributed by atoms with van der Waals surface area (Å²) in [7, 11) is 1.75. The molecule has 3 atom stereocenters. The molecule has 0 aromatic heterocycles. The molecular formula is C16H25FN2O. The quantitative estimate of drug-likeness (QED) is 0.921. The minimum Gasteiger partial charge on any atom is -0.380 e. The summed E-state index contributed by atoms with van der Waals surface area (Å²) in [6.45, 7) is 6.36. The third-order valence-corrected chi connectivity index (χ3v) is 4.40. The zero-order valence-electron chi connectivity index (χ0n) is 12.6. The van der Waals surface area contributed by atoms with E-state index in [2.05, 4.69) is 11.8 Å². The predicted molar refractivity (Wildman–Crippen MR) is 79.1 cm³/mol. The van der Waals surface area contributed by atoms with E-state index in [0.717, 1.165) is 25.1 Å². The van der Waals surface area contributed by atoms with E-state index >= 15 is 0 Å². The first kappa shape index (κ1) is 15.4. The highest BCUT2D eigenvalue weighted by atomic mass is 19.1. The van der Waals surface area contributed by atoms with Crippen LogP contribution in [0.15, 0.2) is 18.2 Å². The Morgan fingerprint density at radius 2 is 2.25 bits per heavy atom. The Bertz CT molecular complexity index is 452. The fraction of sp³-hybridized carbons (Fsp3) is 0.625. The van der Waals surface area contributed by atoms with Gasteiger partial charge in [0.15, 0.2) is 0 Å². The number of nitrogens with zero attached hydrogens (tertiary/aromatic N) is 1. The van der Waals surface area contributed by atoms with Crippen LogP contribution in [-0.4, -0.2) is 37.7 Å². The van der Waals surface area contributed by atoms with Gasteiger partial charge in [0.1, 0.15) is 5.82 Å². The average Bonchev–Trinajstić information content (AvgIpc) is 2.45. The third-order valence-electron chi connectivity index (χ3n) is 4.40. The minimum absolute atomic E-state index is 0.0694. The van der Waals surface area contributed by atoms with Crippen molar-refractivity contribution in [3.63, 3.8) is 0 Å². The Balaban J connectivity index is 2.21. The number of aryl methyl sites for hydroxylation is 1. The third kappa shape index (κ3) is 3.19. The Kier molecular flexibility index (Phi) is 5.13. The van der Waals surface area contributed by atoms with E-state index in [9.17, 15) is 4.39 Å². The summed E-state index contributed by atoms with van der Waals surface area (Å²) in [5.41, 5.74) is 7.70. The van der Waals surface area contributed by atoms with Crippen molar-refractivity contribution in [2.75, 3.05) is 26.7 Å². The molecule has 1 aromatic carbocycles. The molecular weight excluding hydrogens is 255 g/mol. The molecule has 4 heteroatoms. The minimum atomic E-state index is -0.168. The molecule has 2 N–H and O–H groups in total. The molecule has 1 aromatic rings. The second-order valence-electron chi connectivity index (χ2n) is 5.81. The summed E-state index contributed by atoms with van der Waals surface area (Å²) in [5, 5.41) is 0. The summed E-state index contributed by atoms with van der Waals surface area (Å²) >= 11 is 0. The average molecular weight is 280 g/mol. The van der Waals surface area contributed by atoms with Crippen LogP contribution in [0.25, 0.3) is 0 Å². The number of halogens is 1. The Labute approximate surface area is 120 Å². The highest BCUT2D eigenvalue weighted by Gasteiger charge is 2.31. The van der Waals surface area contributed by atoms with Gasteiger partial charge in [-0.1, -0.05) is 24.6 Å². The summed E-state index contributed by atoms with van der Waals surface area (Å²) < 4.78 is 19.6. The molecule has 3 unspecified atom stereocenters. The second kappa shape index (κ2) is 6.66. The van der Waals surface area contributed by atoms with Crippen molar-refractivity contribution >= 4 is 0 Å². The van der Waals surface area contributed by atoms with Crippen LogP contribution < -0.4 is 5.73 Å². The summed E-state index contributed by atoms with van der Waals surface area (Å²) in [5.74, 6) is 0.371. The van der Waals surface area contributed by atoms with Gasteiger partial charge in [0.05, 0.1) is 12.1 Å². The second-order valence-corrected chi connectivity index (χ2v) is 5.81. The maximum atomic E-state index is 14.1. The Morgan fingerprint density at radius 3 is 2.90 bits per heavy atom. The lowest BCUT2D eigenvalue weighted by Gasteiger charge is -2.40. The molecule has 0 bridgehead atoms. The fourth-order valence-corrected chi connectivity index (χ4v) is 3.04. The number of methoxy groups -OCH3 is 1. The number of piperidine rings is 1. The Hall–Kier alpha value is -0.970. The lowest BCUT2D eigenvalue weighted by molar-refractivity contribution is -0.0187. The van der Waals surface area contributed by atoms with Crippen LogP contribution in [0.1, 0.15) is 30.5 Å². The van der Waals surface area contributed by atoms with Gasteiger partial charge in [-0.25, -0.2) is 4.39 Å². The van der Waals surface area contributed by atoms with E-state index < -0.39 is 0 Å². The topological polar surface area (TPSA) is 38.5 Å². The molecule has 1 aliphatic rings. The van der Waals surface area contributed by atoms with Crippen LogP contribution in [0, 0.1) is 18.7 Å². The molecule has 0 aliphatic carbocycles. The van der Waals surface area contributed by atoms with Crippen LogP contribution in [0.4, 0.5) is 4.39 Å². The highest BCUT2D eigenvalue weighted by Crippen LogP contribution is 2.29. The zero-order valence-corrected chi connectivity index (χ0v) is 12.6. The van der Waals surface area contributed by atoms with Gasteiger partial charge in [-0.2, -0.15) is 0 Å². The molecule has 0 spiro atoms. The molecule has 2 rings (SSSR count). The van der Waals surface area contributed by atoms with Crippen molar-refractivity contribution in [3.05, 3.63) is 35.1 Å². The van der Waals surface area contributed by atoms with E-state index in [1.807, 2.05) is 13.0 Å². The van der Waals surface area contributed by atoms with Crippen LogP contribution in [0.3, 0.4) is 0 Å². The van der Waals surface area contributed by atoms with Gasteiger partial charge in [-0.3, -0.25) is 4.90 Å². The van der Waals surface area contributed by atoms with Crippen molar-refractivity contribution in [2.24, 2.45) is 11.7 Å². The largest absolute Gasteiger partial charge is 0.380 e. The molecule has 1 heterocycles. The number of benzene rings is 1. The van der Waals surface area contributed by atoms with Gasteiger partial charge in [0.2, 0.25) is 0 Å². The molecule has 20 heavy (non-hydrogen) atoms. The van der Waals surface area contributed by atoms with Crippen molar-refractivity contribution in [1.29, 1.82) is 0 Å². The fourth-order valence-electron chi connectivity index (χ4n) is 3.04. The van der Waals surface area contributed by atoms with Gasteiger partial charge in [-0.05, 0) is 31.9 Å². The van der Waals surface area contributed by atoms with Crippen molar-refractivity contribution in [1.82, 2.24) is 4.90 Å². The molecule has 1 aliphatic heterocycles. The van der Waals surface area contributed by atoms with E-state index in [0.29, 0.717) is 18.0 Å². The number of hydrogen-bond donors (Lipinski definition) is 1. The van der Waals surface area contributed by atoms with Gasteiger partial charge in [0, 0.05) is 25.8 Å². The lowest BCUT2D eigenvalue weighted by atomic mass is 9.92. The zero-order chi connectivity index (χ0) is 14.7. The van der Waals surface area contributed by atoms with E-state index in [-0.39, 0.29) is 18.0 Å². The van der Waals surface area contributed by atoms with Gasteiger partial charge in [-0.15, -0.1) is 0 Å². The van der Waals surface area contributed by atoms with Gasteiger partial charge < -0.3 is 10.5 Å². The number of ether oxygens (including phenoxy) is 1. The Morgan fingerprint density at radius 1 is 1.50 bits per heavy atom. The monoisotopic (exact) mass is 280 g/mol. The van der Waals surface area contributed by atoms with E-state index in [4.69, 9.17) is 10.5 Å². The van der Waals surface area contributed by atoms with Gasteiger partial charge in [0.25, 0.3) is 0 Å². The molecule has 1 saturated heterocycles. The predicted octanol–water partition coefficient (Wildman–Crippen LogP) is 2.49. The normalized spacial score (nSPS) is 25.6. The summed E-state index contributed by atoms with van der Waals surface area (Å²) in [6.07, 6.45) is 1.26. The van der Waals surface area contributed by atoms with Crippen LogP contribution >= 0.6 is 0 Å². The SMILES string of the molecule is COC1CN(C(CN)c2cc(C)ccc2F)CCC1C. The number of hydrogen-bond acceptors (Lipinski definition) is 3. The summed E-state index contributed by atoms with van der Waals surface area (Å²) in [4.78, 5) is 2.26. The first-order chi connectivity index (χ1) is 9.56. The number of rotatable bonds is 4. The van der Waals surface area contributed by atoms with Crippen molar-refractivity contribution in [3.8, 4) is 0 Å². The van der Waals surface area contributed by atoms with E-state index in [1.165, 1.54) is 6.07 Å². The van der Waals surface area contributed by atoms with Crippen LogP contribution in [-0.2, 0) is 4.74 Å². The summed E-state index contributed by atoms with van der Waals surface area (Å²) in [6, 6.07) is 5.17. The smallest absolute Gasteiger partial charge is 0.128 e.